The fourth-order valence-electron chi connectivity index (χ4n) is 2.42. The van der Waals surface area contributed by atoms with Crippen molar-refractivity contribution in [3.05, 3.63) is 48.0 Å². The first-order valence-corrected chi connectivity index (χ1v) is 8.25. The van der Waals surface area contributed by atoms with Gasteiger partial charge in [0.15, 0.2) is 16.6 Å². The summed E-state index contributed by atoms with van der Waals surface area (Å²) in [6, 6.07) is 14.2. The lowest BCUT2D eigenvalue weighted by atomic mass is 10.2. The van der Waals surface area contributed by atoms with Gasteiger partial charge in [0, 0.05) is 37.6 Å². The van der Waals surface area contributed by atoms with Crippen molar-refractivity contribution in [2.75, 3.05) is 37.1 Å². The number of likely N-dealkylation sites (N-methyl/N-ethyl adjacent to an activating group) is 1. The van der Waals surface area contributed by atoms with Crippen LogP contribution in [0.2, 0.25) is 0 Å². The van der Waals surface area contributed by atoms with E-state index < -0.39 is 0 Å². The van der Waals surface area contributed by atoms with Crippen molar-refractivity contribution in [3.8, 4) is 11.5 Å². The molecular formula is C18H21N3O2S. The highest BCUT2D eigenvalue weighted by molar-refractivity contribution is 7.80. The minimum absolute atomic E-state index is 0.271. The quantitative estimate of drug-likeness (QED) is 0.813. The number of thiocarbonyl (C=S) groups is 1. The van der Waals surface area contributed by atoms with Gasteiger partial charge in [-0.2, -0.15) is 0 Å². The van der Waals surface area contributed by atoms with Crippen molar-refractivity contribution in [2.24, 2.45) is 0 Å². The number of rotatable bonds is 5. The van der Waals surface area contributed by atoms with E-state index >= 15 is 0 Å². The van der Waals surface area contributed by atoms with Gasteiger partial charge in [0.2, 0.25) is 6.79 Å². The summed E-state index contributed by atoms with van der Waals surface area (Å²) in [4.78, 5) is 2.19. The summed E-state index contributed by atoms with van der Waals surface area (Å²) >= 11 is 5.34. The molecule has 0 radical (unpaired) electrons. The second-order valence-electron chi connectivity index (χ2n) is 5.71. The number of nitrogens with zero attached hydrogens (tertiary/aromatic N) is 1. The van der Waals surface area contributed by atoms with E-state index in [0.717, 1.165) is 30.3 Å². The van der Waals surface area contributed by atoms with Crippen LogP contribution in [0.15, 0.2) is 42.5 Å². The van der Waals surface area contributed by atoms with Crippen molar-refractivity contribution in [1.29, 1.82) is 0 Å². The van der Waals surface area contributed by atoms with Crippen LogP contribution >= 0.6 is 12.2 Å². The zero-order chi connectivity index (χ0) is 16.9. The van der Waals surface area contributed by atoms with Gasteiger partial charge in [-0.25, -0.2) is 0 Å². The van der Waals surface area contributed by atoms with Crippen LogP contribution in [0.4, 0.5) is 11.4 Å². The lowest BCUT2D eigenvalue weighted by Gasteiger charge is -2.20. The highest BCUT2D eigenvalue weighted by atomic mass is 32.1. The first-order chi connectivity index (χ1) is 11.6. The van der Waals surface area contributed by atoms with Gasteiger partial charge in [0.05, 0.1) is 0 Å². The Morgan fingerprint density at radius 1 is 1.12 bits per heavy atom. The largest absolute Gasteiger partial charge is 0.454 e. The van der Waals surface area contributed by atoms with Gasteiger partial charge in [0.25, 0.3) is 0 Å². The molecule has 1 aliphatic heterocycles. The van der Waals surface area contributed by atoms with Crippen LogP contribution in [0.1, 0.15) is 5.56 Å². The normalized spacial score (nSPS) is 11.9. The molecule has 126 valence electrons. The molecule has 0 fully saturated rings. The minimum atomic E-state index is 0.271. The SMILES string of the molecule is Cc1ccc(N(C)CCNC(=S)Nc2ccc3c(c2)OCO3)cc1. The second kappa shape index (κ2) is 7.40. The standard InChI is InChI=1S/C18H21N3O2S/c1-13-3-6-15(7-4-13)21(2)10-9-19-18(24)20-14-5-8-16-17(11-14)23-12-22-16/h3-8,11H,9-10,12H2,1-2H3,(H2,19,20,24). The van der Waals surface area contributed by atoms with Gasteiger partial charge in [-0.1, -0.05) is 17.7 Å². The minimum Gasteiger partial charge on any atom is -0.454 e. The van der Waals surface area contributed by atoms with Crippen molar-refractivity contribution >= 4 is 28.7 Å². The van der Waals surface area contributed by atoms with Crippen LogP contribution in [0.25, 0.3) is 0 Å². The molecule has 0 aliphatic carbocycles. The van der Waals surface area contributed by atoms with E-state index in [4.69, 9.17) is 21.7 Å². The van der Waals surface area contributed by atoms with Crippen molar-refractivity contribution < 1.29 is 9.47 Å². The monoisotopic (exact) mass is 343 g/mol. The van der Waals surface area contributed by atoms with Crippen LogP contribution in [0.5, 0.6) is 11.5 Å². The Labute approximate surface area is 147 Å². The van der Waals surface area contributed by atoms with Crippen molar-refractivity contribution in [1.82, 2.24) is 5.32 Å². The van der Waals surface area contributed by atoms with Crippen molar-refractivity contribution in [2.45, 2.75) is 6.92 Å². The molecule has 0 atom stereocenters. The highest BCUT2D eigenvalue weighted by Crippen LogP contribution is 2.34. The van der Waals surface area contributed by atoms with E-state index in [9.17, 15) is 0 Å². The average Bonchev–Trinajstić information content (AvgIpc) is 3.03. The molecule has 0 bridgehead atoms. The molecular weight excluding hydrogens is 322 g/mol. The summed E-state index contributed by atoms with van der Waals surface area (Å²) in [7, 11) is 2.07. The van der Waals surface area contributed by atoms with Gasteiger partial charge >= 0.3 is 0 Å². The molecule has 0 saturated carbocycles. The Bertz CT molecular complexity index is 719. The molecule has 1 aliphatic rings. The summed E-state index contributed by atoms with van der Waals surface area (Å²) in [5.41, 5.74) is 3.33. The lowest BCUT2D eigenvalue weighted by molar-refractivity contribution is 0.174. The molecule has 0 unspecified atom stereocenters. The van der Waals surface area contributed by atoms with E-state index in [0.29, 0.717) is 5.11 Å². The van der Waals surface area contributed by atoms with Crippen LogP contribution in [-0.2, 0) is 0 Å². The second-order valence-corrected chi connectivity index (χ2v) is 6.11. The van der Waals surface area contributed by atoms with E-state index in [-0.39, 0.29) is 6.79 Å². The zero-order valence-corrected chi connectivity index (χ0v) is 14.7. The molecule has 0 amide bonds. The van der Waals surface area contributed by atoms with Crippen LogP contribution in [0.3, 0.4) is 0 Å². The lowest BCUT2D eigenvalue weighted by Crippen LogP contribution is -2.35. The van der Waals surface area contributed by atoms with Crippen molar-refractivity contribution in [3.63, 3.8) is 0 Å². The maximum Gasteiger partial charge on any atom is 0.231 e. The third kappa shape index (κ3) is 4.08. The molecule has 6 heteroatoms. The number of benzene rings is 2. The summed E-state index contributed by atoms with van der Waals surface area (Å²) < 4.78 is 10.7. The molecule has 2 N–H and O–H groups in total. The maximum absolute atomic E-state index is 5.36. The maximum atomic E-state index is 5.36. The Morgan fingerprint density at radius 3 is 2.67 bits per heavy atom. The number of nitrogens with one attached hydrogen (secondary N) is 2. The number of hydrogen-bond donors (Lipinski definition) is 2. The number of hydrogen-bond acceptors (Lipinski definition) is 4. The molecule has 0 spiro atoms. The molecule has 2 aromatic rings. The van der Waals surface area contributed by atoms with E-state index in [1.165, 1.54) is 11.3 Å². The fourth-order valence-corrected chi connectivity index (χ4v) is 2.63. The van der Waals surface area contributed by atoms with Crippen LogP contribution < -0.4 is 25.0 Å². The summed E-state index contributed by atoms with van der Waals surface area (Å²) in [5, 5.41) is 6.97. The molecule has 5 nitrogen and oxygen atoms in total. The summed E-state index contributed by atoms with van der Waals surface area (Å²) in [6.07, 6.45) is 0. The molecule has 3 rings (SSSR count). The van der Waals surface area contributed by atoms with Gasteiger partial charge in [-0.3, -0.25) is 0 Å². The van der Waals surface area contributed by atoms with Gasteiger partial charge < -0.3 is 25.0 Å². The first-order valence-electron chi connectivity index (χ1n) is 7.84. The number of fused-ring (bicyclic) bond motifs is 1. The molecule has 0 aromatic heterocycles. The molecule has 2 aromatic carbocycles. The predicted octanol–water partition coefficient (Wildman–Crippen LogP) is 3.15. The highest BCUT2D eigenvalue weighted by Gasteiger charge is 2.13. The number of ether oxygens (including phenoxy) is 2. The number of anilines is 2. The Kier molecular flexibility index (Phi) is 5.05. The van der Waals surface area contributed by atoms with Crippen LogP contribution in [-0.4, -0.2) is 32.0 Å². The molecule has 0 saturated heterocycles. The number of aryl methyl sites for hydroxylation is 1. The van der Waals surface area contributed by atoms with E-state index in [1.807, 2.05) is 18.2 Å². The predicted molar refractivity (Wildman–Crippen MR) is 101 cm³/mol. The first kappa shape index (κ1) is 16.4. The zero-order valence-electron chi connectivity index (χ0n) is 13.8. The summed E-state index contributed by atoms with van der Waals surface area (Å²) in [6.45, 7) is 3.96. The smallest absolute Gasteiger partial charge is 0.231 e. The topological polar surface area (TPSA) is 45.8 Å². The fraction of sp³-hybridized carbons (Fsp3) is 0.278. The van der Waals surface area contributed by atoms with Crippen LogP contribution in [0, 0.1) is 6.92 Å². The average molecular weight is 343 g/mol. The molecule has 24 heavy (non-hydrogen) atoms. The van der Waals surface area contributed by atoms with Gasteiger partial charge in [0.1, 0.15) is 0 Å². The van der Waals surface area contributed by atoms with Gasteiger partial charge in [-0.05, 0) is 43.4 Å². The molecule has 1 heterocycles. The Morgan fingerprint density at radius 2 is 1.88 bits per heavy atom. The van der Waals surface area contributed by atoms with E-state index in [2.05, 4.69) is 53.8 Å². The Balaban J connectivity index is 1.45. The Hall–Kier alpha value is -2.47. The summed E-state index contributed by atoms with van der Waals surface area (Å²) in [5.74, 6) is 1.50. The third-order valence-corrected chi connectivity index (χ3v) is 4.08. The van der Waals surface area contributed by atoms with E-state index in [1.54, 1.807) is 0 Å². The van der Waals surface area contributed by atoms with Gasteiger partial charge in [-0.15, -0.1) is 0 Å². The third-order valence-electron chi connectivity index (χ3n) is 3.84.